The van der Waals surface area contributed by atoms with E-state index in [1.165, 1.54) is 7.11 Å². The van der Waals surface area contributed by atoms with Gasteiger partial charge in [-0.25, -0.2) is 9.78 Å². The van der Waals surface area contributed by atoms with Gasteiger partial charge in [-0.1, -0.05) is 0 Å². The molecule has 2 aromatic rings. The van der Waals surface area contributed by atoms with Crippen LogP contribution in [0.3, 0.4) is 0 Å². The van der Waals surface area contributed by atoms with Gasteiger partial charge in [0.25, 0.3) is 0 Å². The summed E-state index contributed by atoms with van der Waals surface area (Å²) in [6.07, 6.45) is 6.22. The highest BCUT2D eigenvalue weighted by Gasteiger charge is 2.03. The first-order chi connectivity index (χ1) is 8.70. The summed E-state index contributed by atoms with van der Waals surface area (Å²) in [5.41, 5.74) is 1.46. The average molecular weight is 244 g/mol. The first-order valence-electron chi connectivity index (χ1n) is 5.28. The summed E-state index contributed by atoms with van der Waals surface area (Å²) in [5, 5.41) is 9.68. The monoisotopic (exact) mass is 244 g/mol. The van der Waals surface area contributed by atoms with Crippen LogP contribution in [-0.4, -0.2) is 27.7 Å². The van der Waals surface area contributed by atoms with Crippen molar-refractivity contribution >= 4 is 11.7 Å². The molecule has 0 unspecified atom stereocenters. The minimum absolute atomic E-state index is 0.126. The van der Waals surface area contributed by atoms with Gasteiger partial charge < -0.3 is 14.4 Å². The number of hydrogen-bond acceptors (Lipinski definition) is 4. The second kappa shape index (κ2) is 5.18. The van der Waals surface area contributed by atoms with Gasteiger partial charge >= 0.3 is 5.97 Å². The van der Waals surface area contributed by atoms with Gasteiger partial charge in [-0.15, -0.1) is 0 Å². The lowest BCUT2D eigenvalue weighted by Crippen LogP contribution is -1.97. The van der Waals surface area contributed by atoms with Crippen molar-refractivity contribution in [1.29, 1.82) is 0 Å². The Kier molecular flexibility index (Phi) is 3.43. The van der Waals surface area contributed by atoms with Gasteiger partial charge in [-0.3, -0.25) is 0 Å². The molecule has 0 spiro atoms. The summed E-state index contributed by atoms with van der Waals surface area (Å²) in [7, 11) is 1.26. The Morgan fingerprint density at radius 3 is 2.67 bits per heavy atom. The SMILES string of the molecule is COC(=O)/C=C(\O)c1ccc(-n2ccnc2)cc1. The molecular weight excluding hydrogens is 232 g/mol. The molecule has 0 aliphatic rings. The van der Waals surface area contributed by atoms with E-state index in [0.717, 1.165) is 11.8 Å². The van der Waals surface area contributed by atoms with Crippen molar-refractivity contribution < 1.29 is 14.6 Å². The van der Waals surface area contributed by atoms with Gasteiger partial charge in [-0.05, 0) is 24.3 Å². The molecule has 0 bridgehead atoms. The van der Waals surface area contributed by atoms with E-state index in [2.05, 4.69) is 9.72 Å². The zero-order valence-corrected chi connectivity index (χ0v) is 9.78. The lowest BCUT2D eigenvalue weighted by molar-refractivity contribution is -0.134. The van der Waals surface area contributed by atoms with E-state index < -0.39 is 5.97 Å². The number of carbonyl (C=O) groups excluding carboxylic acids is 1. The second-order valence-electron chi connectivity index (χ2n) is 3.57. The highest BCUT2D eigenvalue weighted by Crippen LogP contribution is 2.15. The van der Waals surface area contributed by atoms with E-state index in [0.29, 0.717) is 5.56 Å². The summed E-state index contributed by atoms with van der Waals surface area (Å²) in [6.45, 7) is 0. The molecule has 0 atom stereocenters. The molecule has 1 N–H and O–H groups in total. The predicted octanol–water partition coefficient (Wildman–Crippen LogP) is 1.94. The number of carbonyl (C=O) groups is 1. The molecule has 92 valence electrons. The maximum Gasteiger partial charge on any atom is 0.334 e. The topological polar surface area (TPSA) is 64.3 Å². The quantitative estimate of drug-likeness (QED) is 0.509. The number of imidazole rings is 1. The summed E-state index contributed by atoms with van der Waals surface area (Å²) >= 11 is 0. The van der Waals surface area contributed by atoms with Crippen LogP contribution in [0.15, 0.2) is 49.1 Å². The van der Waals surface area contributed by atoms with Crippen molar-refractivity contribution in [3.05, 3.63) is 54.6 Å². The van der Waals surface area contributed by atoms with E-state index >= 15 is 0 Å². The van der Waals surface area contributed by atoms with E-state index in [1.54, 1.807) is 24.7 Å². The Balaban J connectivity index is 2.23. The number of esters is 1. The molecule has 1 heterocycles. The lowest BCUT2D eigenvalue weighted by Gasteiger charge is -2.04. The molecule has 1 aromatic carbocycles. The highest BCUT2D eigenvalue weighted by molar-refractivity contribution is 5.89. The maximum atomic E-state index is 11.0. The Morgan fingerprint density at radius 1 is 1.39 bits per heavy atom. The van der Waals surface area contributed by atoms with Gasteiger partial charge in [-0.2, -0.15) is 0 Å². The van der Waals surface area contributed by atoms with Crippen LogP contribution in [0.1, 0.15) is 5.56 Å². The van der Waals surface area contributed by atoms with Gasteiger partial charge in [0.1, 0.15) is 5.76 Å². The van der Waals surface area contributed by atoms with Crippen molar-refractivity contribution in [2.45, 2.75) is 0 Å². The number of ether oxygens (including phenoxy) is 1. The van der Waals surface area contributed by atoms with Gasteiger partial charge in [0, 0.05) is 23.6 Å². The average Bonchev–Trinajstić information content (AvgIpc) is 2.92. The Hall–Kier alpha value is -2.56. The van der Waals surface area contributed by atoms with Crippen molar-refractivity contribution in [2.24, 2.45) is 0 Å². The van der Waals surface area contributed by atoms with Crippen molar-refractivity contribution in [2.75, 3.05) is 7.11 Å². The van der Waals surface area contributed by atoms with E-state index in [-0.39, 0.29) is 5.76 Å². The van der Waals surface area contributed by atoms with E-state index in [4.69, 9.17) is 0 Å². The van der Waals surface area contributed by atoms with Crippen molar-refractivity contribution in [3.63, 3.8) is 0 Å². The van der Waals surface area contributed by atoms with Crippen LogP contribution in [0.25, 0.3) is 11.4 Å². The molecule has 18 heavy (non-hydrogen) atoms. The van der Waals surface area contributed by atoms with Gasteiger partial charge in [0.2, 0.25) is 0 Å². The molecule has 5 nitrogen and oxygen atoms in total. The zero-order chi connectivity index (χ0) is 13.0. The van der Waals surface area contributed by atoms with E-state index in [1.807, 2.05) is 22.9 Å². The molecule has 0 amide bonds. The fraction of sp³-hybridized carbons (Fsp3) is 0.0769. The van der Waals surface area contributed by atoms with Crippen LogP contribution in [0.2, 0.25) is 0 Å². The Bertz CT molecular complexity index is 556. The molecule has 2 rings (SSSR count). The molecule has 0 saturated carbocycles. The normalized spacial score (nSPS) is 11.3. The number of hydrogen-bond donors (Lipinski definition) is 1. The number of rotatable bonds is 3. The Morgan fingerprint density at radius 2 is 2.11 bits per heavy atom. The molecule has 0 aliphatic heterocycles. The number of aliphatic hydroxyl groups excluding tert-OH is 1. The molecule has 5 heteroatoms. The molecule has 1 aromatic heterocycles. The third kappa shape index (κ3) is 2.57. The van der Waals surface area contributed by atoms with E-state index in [9.17, 15) is 9.90 Å². The number of aliphatic hydroxyl groups is 1. The minimum Gasteiger partial charge on any atom is -0.507 e. The standard InChI is InChI=1S/C13H12N2O3/c1-18-13(17)8-12(16)10-2-4-11(5-3-10)15-7-6-14-9-15/h2-9,16H,1H3/b12-8-. The first kappa shape index (κ1) is 11.9. The minimum atomic E-state index is -0.591. The fourth-order valence-electron chi connectivity index (χ4n) is 1.47. The Labute approximate surface area is 104 Å². The molecule has 0 radical (unpaired) electrons. The van der Waals surface area contributed by atoms with Crippen LogP contribution < -0.4 is 0 Å². The second-order valence-corrected chi connectivity index (χ2v) is 3.57. The third-order valence-electron chi connectivity index (χ3n) is 2.42. The lowest BCUT2D eigenvalue weighted by atomic mass is 10.1. The third-order valence-corrected chi connectivity index (χ3v) is 2.42. The number of methoxy groups -OCH3 is 1. The number of aromatic nitrogens is 2. The fourth-order valence-corrected chi connectivity index (χ4v) is 1.47. The van der Waals surface area contributed by atoms with Gasteiger partial charge in [0.05, 0.1) is 19.5 Å². The van der Waals surface area contributed by atoms with Crippen molar-refractivity contribution in [3.8, 4) is 5.69 Å². The molecular formula is C13H12N2O3. The van der Waals surface area contributed by atoms with Crippen LogP contribution in [0.5, 0.6) is 0 Å². The zero-order valence-electron chi connectivity index (χ0n) is 9.78. The molecule has 0 fully saturated rings. The number of nitrogens with zero attached hydrogens (tertiary/aromatic N) is 2. The van der Waals surface area contributed by atoms with Crippen LogP contribution in [-0.2, 0) is 9.53 Å². The van der Waals surface area contributed by atoms with Crippen LogP contribution >= 0.6 is 0 Å². The highest BCUT2D eigenvalue weighted by atomic mass is 16.5. The smallest absolute Gasteiger partial charge is 0.334 e. The predicted molar refractivity (Wildman–Crippen MR) is 66.2 cm³/mol. The first-order valence-corrected chi connectivity index (χ1v) is 5.28. The summed E-state index contributed by atoms with van der Waals surface area (Å²) in [5.74, 6) is -0.717. The summed E-state index contributed by atoms with van der Waals surface area (Å²) in [6, 6.07) is 7.06. The number of benzene rings is 1. The largest absolute Gasteiger partial charge is 0.507 e. The van der Waals surface area contributed by atoms with Gasteiger partial charge in [0.15, 0.2) is 0 Å². The molecule has 0 saturated heterocycles. The van der Waals surface area contributed by atoms with Crippen LogP contribution in [0, 0.1) is 0 Å². The van der Waals surface area contributed by atoms with Crippen LogP contribution in [0.4, 0.5) is 0 Å². The van der Waals surface area contributed by atoms with Crippen molar-refractivity contribution in [1.82, 2.24) is 9.55 Å². The summed E-state index contributed by atoms with van der Waals surface area (Å²) in [4.78, 5) is 14.9. The maximum absolute atomic E-state index is 11.0. The summed E-state index contributed by atoms with van der Waals surface area (Å²) < 4.78 is 6.28. The molecule has 0 aliphatic carbocycles.